The third kappa shape index (κ3) is 1.94. The van der Waals surface area contributed by atoms with Gasteiger partial charge in [-0.15, -0.1) is 0 Å². The van der Waals surface area contributed by atoms with Crippen molar-refractivity contribution in [1.82, 2.24) is 4.90 Å². The van der Waals surface area contributed by atoms with Crippen LogP contribution in [0, 0.1) is 11.5 Å². The Morgan fingerprint density at radius 1 is 1.38 bits per heavy atom. The highest BCUT2D eigenvalue weighted by Gasteiger charge is 2.25. The van der Waals surface area contributed by atoms with Gasteiger partial charge >= 0.3 is 0 Å². The van der Waals surface area contributed by atoms with Crippen LogP contribution in [-0.2, 0) is 0 Å². The van der Waals surface area contributed by atoms with Crippen LogP contribution in [-0.4, -0.2) is 23.2 Å². The van der Waals surface area contributed by atoms with Crippen molar-refractivity contribution < 1.29 is 4.79 Å². The zero-order chi connectivity index (χ0) is 11.4. The van der Waals surface area contributed by atoms with E-state index in [0.717, 1.165) is 6.42 Å². The summed E-state index contributed by atoms with van der Waals surface area (Å²) in [5.74, 6) is 0.503. The molecule has 0 N–H and O–H groups in total. The molecule has 80 valence electrons. The lowest BCUT2D eigenvalue weighted by molar-refractivity contribution is 0.0857. The van der Waals surface area contributed by atoms with Gasteiger partial charge in [0.1, 0.15) is 5.84 Å². The molecule has 0 unspecified atom stereocenters. The highest BCUT2D eigenvalue weighted by Crippen LogP contribution is 2.15. The maximum absolute atomic E-state index is 12.1. The average Bonchev–Trinajstić information content (AvgIpc) is 2.78. The van der Waals surface area contributed by atoms with E-state index in [2.05, 4.69) is 4.99 Å². The molecule has 0 aromatic heterocycles. The van der Waals surface area contributed by atoms with Gasteiger partial charge < -0.3 is 0 Å². The number of amidine groups is 1. The first-order valence-corrected chi connectivity index (χ1v) is 5.15. The molecule has 0 spiro atoms. The standard InChI is InChI=1S/C12H11N3O/c13-9-14-11-7-4-8-15(11)12(16)10-5-2-1-3-6-10/h1-3,5-6H,4,7-8H2. The number of aliphatic imine (C=N–C) groups is 1. The predicted molar refractivity (Wildman–Crippen MR) is 59.8 cm³/mol. The summed E-state index contributed by atoms with van der Waals surface area (Å²) in [4.78, 5) is 17.3. The molecule has 1 saturated heterocycles. The fourth-order valence-electron chi connectivity index (χ4n) is 1.79. The van der Waals surface area contributed by atoms with E-state index in [1.54, 1.807) is 23.2 Å². The smallest absolute Gasteiger partial charge is 0.259 e. The minimum Gasteiger partial charge on any atom is -0.295 e. The van der Waals surface area contributed by atoms with Crippen molar-refractivity contribution in [2.24, 2.45) is 4.99 Å². The van der Waals surface area contributed by atoms with Crippen molar-refractivity contribution in [2.45, 2.75) is 12.8 Å². The third-order valence-corrected chi connectivity index (χ3v) is 2.54. The molecule has 0 radical (unpaired) electrons. The number of nitriles is 1. The van der Waals surface area contributed by atoms with Gasteiger partial charge in [-0.25, -0.2) is 0 Å². The van der Waals surface area contributed by atoms with Gasteiger partial charge in [0.2, 0.25) is 6.19 Å². The number of nitrogens with zero attached hydrogens (tertiary/aromatic N) is 3. The van der Waals surface area contributed by atoms with Gasteiger partial charge in [-0.1, -0.05) is 18.2 Å². The zero-order valence-corrected chi connectivity index (χ0v) is 8.76. The molecule has 1 aliphatic rings. The fraction of sp³-hybridized carbons (Fsp3) is 0.250. The van der Waals surface area contributed by atoms with E-state index in [1.807, 2.05) is 18.2 Å². The summed E-state index contributed by atoms with van der Waals surface area (Å²) in [5, 5.41) is 8.52. The minimum absolute atomic E-state index is 0.0768. The first-order chi connectivity index (χ1) is 7.83. The largest absolute Gasteiger partial charge is 0.295 e. The second kappa shape index (κ2) is 4.58. The van der Waals surface area contributed by atoms with Gasteiger partial charge in [-0.05, 0) is 18.6 Å². The van der Waals surface area contributed by atoms with Crippen LogP contribution in [0.5, 0.6) is 0 Å². The van der Waals surface area contributed by atoms with E-state index in [9.17, 15) is 4.79 Å². The minimum atomic E-state index is -0.0768. The Hall–Kier alpha value is -2.15. The van der Waals surface area contributed by atoms with Crippen LogP contribution in [0.25, 0.3) is 0 Å². The molecule has 0 saturated carbocycles. The molecule has 0 atom stereocenters. The lowest BCUT2D eigenvalue weighted by Crippen LogP contribution is -2.31. The number of hydrogen-bond acceptors (Lipinski definition) is 3. The Labute approximate surface area is 93.8 Å². The van der Waals surface area contributed by atoms with Crippen molar-refractivity contribution in [3.05, 3.63) is 35.9 Å². The summed E-state index contributed by atoms with van der Waals surface area (Å²) >= 11 is 0. The summed E-state index contributed by atoms with van der Waals surface area (Å²) in [7, 11) is 0. The van der Waals surface area contributed by atoms with Gasteiger partial charge in [-0.2, -0.15) is 10.3 Å². The van der Waals surface area contributed by atoms with Crippen molar-refractivity contribution in [3.8, 4) is 6.19 Å². The molecule has 16 heavy (non-hydrogen) atoms. The van der Waals surface area contributed by atoms with Crippen LogP contribution in [0.15, 0.2) is 35.3 Å². The highest BCUT2D eigenvalue weighted by atomic mass is 16.2. The summed E-state index contributed by atoms with van der Waals surface area (Å²) in [6, 6.07) is 9.05. The lowest BCUT2D eigenvalue weighted by Gasteiger charge is -2.15. The number of carbonyl (C=O) groups excluding carboxylic acids is 1. The molecule has 1 aromatic carbocycles. The van der Waals surface area contributed by atoms with Crippen LogP contribution in [0.4, 0.5) is 0 Å². The Morgan fingerprint density at radius 3 is 2.81 bits per heavy atom. The summed E-state index contributed by atoms with van der Waals surface area (Å²) < 4.78 is 0. The van der Waals surface area contributed by atoms with Gasteiger partial charge in [0.25, 0.3) is 5.91 Å². The van der Waals surface area contributed by atoms with Crippen LogP contribution in [0.3, 0.4) is 0 Å². The van der Waals surface area contributed by atoms with Crippen molar-refractivity contribution in [1.29, 1.82) is 5.26 Å². The second-order valence-corrected chi connectivity index (χ2v) is 3.55. The van der Waals surface area contributed by atoms with E-state index in [1.165, 1.54) is 0 Å². The van der Waals surface area contributed by atoms with Crippen molar-refractivity contribution in [3.63, 3.8) is 0 Å². The normalized spacial score (nSPS) is 17.4. The van der Waals surface area contributed by atoms with Crippen molar-refractivity contribution >= 4 is 11.7 Å². The molecule has 1 amide bonds. The molecule has 4 heteroatoms. The quantitative estimate of drug-likeness (QED) is 0.668. The van der Waals surface area contributed by atoms with E-state index in [0.29, 0.717) is 24.4 Å². The Bertz CT molecular complexity index is 459. The number of benzene rings is 1. The molecule has 1 aromatic rings. The topological polar surface area (TPSA) is 56.5 Å². The van der Waals surface area contributed by atoms with Crippen LogP contribution in [0.1, 0.15) is 23.2 Å². The number of rotatable bonds is 1. The third-order valence-electron chi connectivity index (χ3n) is 2.54. The summed E-state index contributed by atoms with van der Waals surface area (Å²) in [5.41, 5.74) is 0.634. The van der Waals surface area contributed by atoms with Gasteiger partial charge in [0, 0.05) is 18.5 Å². The molecule has 2 rings (SSSR count). The first-order valence-electron chi connectivity index (χ1n) is 5.15. The Kier molecular flexibility index (Phi) is 2.97. The van der Waals surface area contributed by atoms with E-state index in [4.69, 9.17) is 5.26 Å². The SMILES string of the molecule is N#CN=C1CCCN1C(=O)c1ccccc1. The molecule has 0 bridgehead atoms. The van der Waals surface area contributed by atoms with Crippen LogP contribution >= 0.6 is 0 Å². The molecular formula is C12H11N3O. The average molecular weight is 213 g/mol. The van der Waals surface area contributed by atoms with Crippen LogP contribution < -0.4 is 0 Å². The Morgan fingerprint density at radius 2 is 2.12 bits per heavy atom. The molecule has 1 aliphatic heterocycles. The van der Waals surface area contributed by atoms with Gasteiger partial charge in [-0.3, -0.25) is 9.69 Å². The number of hydrogen-bond donors (Lipinski definition) is 0. The van der Waals surface area contributed by atoms with Crippen LogP contribution in [0.2, 0.25) is 0 Å². The van der Waals surface area contributed by atoms with Gasteiger partial charge in [0.15, 0.2) is 0 Å². The number of amides is 1. The number of carbonyl (C=O) groups is 1. The van der Waals surface area contributed by atoms with Gasteiger partial charge in [0.05, 0.1) is 0 Å². The lowest BCUT2D eigenvalue weighted by atomic mass is 10.2. The maximum Gasteiger partial charge on any atom is 0.259 e. The van der Waals surface area contributed by atoms with E-state index < -0.39 is 0 Å². The summed E-state index contributed by atoms with van der Waals surface area (Å²) in [6.07, 6.45) is 3.31. The predicted octanol–water partition coefficient (Wildman–Crippen LogP) is 1.80. The highest BCUT2D eigenvalue weighted by molar-refractivity contribution is 6.07. The summed E-state index contributed by atoms with van der Waals surface area (Å²) in [6.45, 7) is 0.647. The van der Waals surface area contributed by atoms with E-state index >= 15 is 0 Å². The molecule has 1 fully saturated rings. The maximum atomic E-state index is 12.1. The van der Waals surface area contributed by atoms with Crippen molar-refractivity contribution in [2.75, 3.05) is 6.54 Å². The Balaban J connectivity index is 2.23. The zero-order valence-electron chi connectivity index (χ0n) is 8.76. The fourth-order valence-corrected chi connectivity index (χ4v) is 1.79. The first kappa shape index (κ1) is 10.4. The molecular weight excluding hydrogens is 202 g/mol. The molecule has 1 heterocycles. The molecule has 0 aliphatic carbocycles. The van der Waals surface area contributed by atoms with E-state index in [-0.39, 0.29) is 5.91 Å². The second-order valence-electron chi connectivity index (χ2n) is 3.55. The monoisotopic (exact) mass is 213 g/mol. The molecule has 4 nitrogen and oxygen atoms in total. The number of likely N-dealkylation sites (tertiary alicyclic amines) is 1.